The minimum Gasteiger partial charge on any atom is -0.350 e. The average Bonchev–Trinajstić information content (AvgIpc) is 3.21. The molecule has 26 heavy (non-hydrogen) atoms. The zero-order valence-electron chi connectivity index (χ0n) is 15.3. The lowest BCUT2D eigenvalue weighted by molar-refractivity contribution is 0.0944. The van der Waals surface area contributed by atoms with Crippen molar-refractivity contribution >= 4 is 5.91 Å². The van der Waals surface area contributed by atoms with Gasteiger partial charge in [-0.1, -0.05) is 30.3 Å². The third kappa shape index (κ3) is 2.81. The molecule has 4 rings (SSSR count). The summed E-state index contributed by atoms with van der Waals surface area (Å²) in [5.74, 6) is -0.120. The third-order valence-electron chi connectivity index (χ3n) is 5.41. The first-order valence-electron chi connectivity index (χ1n) is 8.90. The third-order valence-corrected chi connectivity index (χ3v) is 5.41. The highest BCUT2D eigenvalue weighted by molar-refractivity contribution is 5.93. The Hall–Kier alpha value is -2.89. The van der Waals surface area contributed by atoms with E-state index in [2.05, 4.69) is 44.9 Å². The molecule has 0 atom stereocenters. The number of aromatic nitrogens is 4. The van der Waals surface area contributed by atoms with E-state index in [-0.39, 0.29) is 11.3 Å². The highest BCUT2D eigenvalue weighted by Gasteiger charge is 2.44. The molecule has 2 N–H and O–H groups in total. The largest absolute Gasteiger partial charge is 0.350 e. The number of carbonyl (C=O) groups excluding carboxylic acids is 1. The molecule has 0 radical (unpaired) electrons. The van der Waals surface area contributed by atoms with Gasteiger partial charge in [-0.15, -0.1) is 0 Å². The maximum Gasteiger partial charge on any atom is 0.269 e. The number of carbonyl (C=O) groups is 1. The fourth-order valence-corrected chi connectivity index (χ4v) is 3.57. The van der Waals surface area contributed by atoms with E-state index in [1.807, 2.05) is 31.6 Å². The maximum absolute atomic E-state index is 12.6. The van der Waals surface area contributed by atoms with Crippen molar-refractivity contribution in [1.29, 1.82) is 0 Å². The number of aromatic amines is 1. The molecular formula is C20H23N5O. The van der Waals surface area contributed by atoms with Gasteiger partial charge in [-0.05, 0) is 38.3 Å². The number of hydrogen-bond acceptors (Lipinski definition) is 3. The Balaban J connectivity index is 1.48. The lowest BCUT2D eigenvalue weighted by Gasteiger charge is -2.16. The van der Waals surface area contributed by atoms with E-state index < -0.39 is 0 Å². The Bertz CT molecular complexity index is 950. The lowest BCUT2D eigenvalue weighted by Crippen LogP contribution is -2.32. The average molecular weight is 349 g/mol. The van der Waals surface area contributed by atoms with Gasteiger partial charge < -0.3 is 5.32 Å². The molecule has 0 aliphatic heterocycles. The van der Waals surface area contributed by atoms with Gasteiger partial charge in [0, 0.05) is 30.3 Å². The molecule has 1 fully saturated rings. The van der Waals surface area contributed by atoms with Crippen LogP contribution in [0.4, 0.5) is 0 Å². The maximum atomic E-state index is 12.6. The Morgan fingerprint density at radius 3 is 2.62 bits per heavy atom. The minimum atomic E-state index is -0.120. The predicted molar refractivity (Wildman–Crippen MR) is 100.0 cm³/mol. The first kappa shape index (κ1) is 16.6. The summed E-state index contributed by atoms with van der Waals surface area (Å²) in [7, 11) is 1.91. The van der Waals surface area contributed by atoms with Crippen molar-refractivity contribution in [2.24, 2.45) is 7.05 Å². The summed E-state index contributed by atoms with van der Waals surface area (Å²) >= 11 is 0. The first-order chi connectivity index (χ1) is 12.5. The number of nitrogens with zero attached hydrogens (tertiary/aromatic N) is 3. The van der Waals surface area contributed by atoms with E-state index >= 15 is 0 Å². The normalized spacial score (nSPS) is 15.0. The molecule has 0 bridgehead atoms. The summed E-state index contributed by atoms with van der Waals surface area (Å²) in [6.07, 6.45) is 2.22. The fraction of sp³-hybridized carbons (Fsp3) is 0.350. The number of benzene rings is 1. The molecule has 1 aliphatic rings. The van der Waals surface area contributed by atoms with Crippen LogP contribution < -0.4 is 5.32 Å². The first-order valence-corrected chi connectivity index (χ1v) is 8.90. The second kappa shape index (κ2) is 6.12. The van der Waals surface area contributed by atoms with Crippen molar-refractivity contribution in [3.63, 3.8) is 0 Å². The van der Waals surface area contributed by atoms with Gasteiger partial charge in [-0.2, -0.15) is 10.2 Å². The molecule has 3 aromatic rings. The van der Waals surface area contributed by atoms with Crippen LogP contribution in [0, 0.1) is 13.8 Å². The van der Waals surface area contributed by atoms with Crippen LogP contribution in [0.5, 0.6) is 0 Å². The van der Waals surface area contributed by atoms with Gasteiger partial charge in [0.25, 0.3) is 5.91 Å². The molecule has 0 saturated heterocycles. The SMILES string of the molecule is Cc1nn(C)c(C)c1-c1cc(C(=O)NCC2(c3ccccc3)CC2)[nH]n1. The van der Waals surface area contributed by atoms with Gasteiger partial charge in [0.2, 0.25) is 0 Å². The Morgan fingerprint density at radius 1 is 1.27 bits per heavy atom. The molecule has 1 saturated carbocycles. The zero-order valence-corrected chi connectivity index (χ0v) is 15.3. The van der Waals surface area contributed by atoms with Crippen LogP contribution in [0.1, 0.15) is 40.3 Å². The topological polar surface area (TPSA) is 75.6 Å². The molecule has 134 valence electrons. The van der Waals surface area contributed by atoms with Gasteiger partial charge in [-0.25, -0.2) is 0 Å². The van der Waals surface area contributed by atoms with E-state index in [1.54, 1.807) is 6.07 Å². The van der Waals surface area contributed by atoms with Crippen molar-refractivity contribution in [2.75, 3.05) is 6.54 Å². The summed E-state index contributed by atoms with van der Waals surface area (Å²) in [6.45, 7) is 4.60. The molecule has 1 amide bonds. The molecule has 2 heterocycles. The number of hydrogen-bond donors (Lipinski definition) is 2. The van der Waals surface area contributed by atoms with E-state index in [1.165, 1.54) is 5.56 Å². The molecule has 1 aromatic carbocycles. The fourth-order valence-electron chi connectivity index (χ4n) is 3.57. The van der Waals surface area contributed by atoms with Crippen LogP contribution in [0.15, 0.2) is 36.4 Å². The monoisotopic (exact) mass is 349 g/mol. The van der Waals surface area contributed by atoms with Crippen molar-refractivity contribution in [3.05, 3.63) is 59.0 Å². The number of nitrogens with one attached hydrogen (secondary N) is 2. The van der Waals surface area contributed by atoms with Crippen molar-refractivity contribution in [1.82, 2.24) is 25.3 Å². The number of aryl methyl sites for hydroxylation is 2. The highest BCUT2D eigenvalue weighted by atomic mass is 16.1. The highest BCUT2D eigenvalue weighted by Crippen LogP contribution is 2.47. The van der Waals surface area contributed by atoms with Gasteiger partial charge in [-0.3, -0.25) is 14.6 Å². The van der Waals surface area contributed by atoms with Gasteiger partial charge >= 0.3 is 0 Å². The molecular weight excluding hydrogens is 326 g/mol. The second-order valence-corrected chi connectivity index (χ2v) is 7.17. The van der Waals surface area contributed by atoms with Gasteiger partial charge in [0.15, 0.2) is 0 Å². The van der Waals surface area contributed by atoms with Crippen LogP contribution >= 0.6 is 0 Å². The Morgan fingerprint density at radius 2 is 2.00 bits per heavy atom. The van der Waals surface area contributed by atoms with E-state index in [9.17, 15) is 4.79 Å². The van der Waals surface area contributed by atoms with Crippen LogP contribution in [0.25, 0.3) is 11.3 Å². The molecule has 6 heteroatoms. The van der Waals surface area contributed by atoms with E-state index in [4.69, 9.17) is 0 Å². The second-order valence-electron chi connectivity index (χ2n) is 7.17. The standard InChI is InChI=1S/C20H23N5O/c1-13-18(14(2)25(3)24-13)16-11-17(23-22-16)19(26)21-12-20(9-10-20)15-7-5-4-6-8-15/h4-8,11H,9-10,12H2,1-3H3,(H,21,26)(H,22,23). The molecule has 2 aromatic heterocycles. The predicted octanol–water partition coefficient (Wildman–Crippen LogP) is 2.89. The van der Waals surface area contributed by atoms with Crippen molar-refractivity contribution < 1.29 is 4.79 Å². The minimum absolute atomic E-state index is 0.0935. The van der Waals surface area contributed by atoms with Crippen LogP contribution in [-0.4, -0.2) is 32.4 Å². The Labute approximate surface area is 152 Å². The molecule has 0 spiro atoms. The Kier molecular flexibility index (Phi) is 3.90. The zero-order chi connectivity index (χ0) is 18.3. The van der Waals surface area contributed by atoms with Crippen LogP contribution in [0.2, 0.25) is 0 Å². The van der Waals surface area contributed by atoms with Gasteiger partial charge in [0.1, 0.15) is 5.69 Å². The number of amides is 1. The van der Waals surface area contributed by atoms with Gasteiger partial charge in [0.05, 0.1) is 11.4 Å². The van der Waals surface area contributed by atoms with Crippen molar-refractivity contribution in [2.45, 2.75) is 32.1 Å². The number of rotatable bonds is 5. The molecule has 0 unspecified atom stereocenters. The number of H-pyrrole nitrogens is 1. The van der Waals surface area contributed by atoms with E-state index in [0.29, 0.717) is 12.2 Å². The summed E-state index contributed by atoms with van der Waals surface area (Å²) in [6, 6.07) is 12.2. The van der Waals surface area contributed by atoms with E-state index in [0.717, 1.165) is 35.5 Å². The molecule has 6 nitrogen and oxygen atoms in total. The summed E-state index contributed by atoms with van der Waals surface area (Å²) in [5, 5.41) is 14.7. The summed E-state index contributed by atoms with van der Waals surface area (Å²) < 4.78 is 1.83. The van der Waals surface area contributed by atoms with Crippen LogP contribution in [-0.2, 0) is 12.5 Å². The quantitative estimate of drug-likeness (QED) is 0.744. The lowest BCUT2D eigenvalue weighted by atomic mass is 9.96. The van der Waals surface area contributed by atoms with Crippen molar-refractivity contribution in [3.8, 4) is 11.3 Å². The summed E-state index contributed by atoms with van der Waals surface area (Å²) in [4.78, 5) is 12.6. The van der Waals surface area contributed by atoms with Crippen LogP contribution in [0.3, 0.4) is 0 Å². The summed E-state index contributed by atoms with van der Waals surface area (Å²) in [5.41, 5.74) is 5.54. The molecule has 1 aliphatic carbocycles. The smallest absolute Gasteiger partial charge is 0.269 e.